The van der Waals surface area contributed by atoms with Crippen LogP contribution < -0.4 is 9.64 Å². The van der Waals surface area contributed by atoms with Crippen LogP contribution in [0.3, 0.4) is 0 Å². The summed E-state index contributed by atoms with van der Waals surface area (Å²) < 4.78 is 24.1. The number of carbonyl (C=O) groups is 1. The van der Waals surface area contributed by atoms with Crippen LogP contribution in [-0.4, -0.2) is 43.3 Å². The van der Waals surface area contributed by atoms with Crippen LogP contribution in [0.4, 0.5) is 14.9 Å². The maximum atomic E-state index is 13.4. The molecule has 26 heavy (non-hydrogen) atoms. The van der Waals surface area contributed by atoms with Crippen molar-refractivity contribution in [1.29, 1.82) is 0 Å². The van der Waals surface area contributed by atoms with Gasteiger partial charge in [-0.2, -0.15) is 0 Å². The highest BCUT2D eigenvalue weighted by molar-refractivity contribution is 5.92. The highest BCUT2D eigenvalue weighted by atomic mass is 19.1. The van der Waals surface area contributed by atoms with E-state index in [9.17, 15) is 9.18 Å². The lowest BCUT2D eigenvalue weighted by atomic mass is 9.98. The van der Waals surface area contributed by atoms with E-state index in [1.165, 1.54) is 6.07 Å². The first-order valence-electron chi connectivity index (χ1n) is 8.67. The Labute approximate surface area is 151 Å². The van der Waals surface area contributed by atoms with Gasteiger partial charge in [-0.05, 0) is 36.2 Å². The van der Waals surface area contributed by atoms with E-state index in [2.05, 4.69) is 4.90 Å². The molecule has 1 atom stereocenters. The Bertz CT molecular complexity index is 828. The summed E-state index contributed by atoms with van der Waals surface area (Å²) in [5, 5.41) is 0. The van der Waals surface area contributed by atoms with Crippen molar-refractivity contribution in [1.82, 2.24) is 4.90 Å². The number of hydrogen-bond acceptors (Lipinski definition) is 4. The van der Waals surface area contributed by atoms with E-state index in [4.69, 9.17) is 9.47 Å². The van der Waals surface area contributed by atoms with E-state index in [0.29, 0.717) is 25.4 Å². The number of anilines is 1. The van der Waals surface area contributed by atoms with Gasteiger partial charge in [-0.1, -0.05) is 18.2 Å². The average molecular weight is 356 g/mol. The summed E-state index contributed by atoms with van der Waals surface area (Å²) in [6.45, 7) is 2.53. The molecule has 4 rings (SSSR count). The molecule has 0 radical (unpaired) electrons. The van der Waals surface area contributed by atoms with Gasteiger partial charge in [0.2, 0.25) is 0 Å². The number of benzene rings is 2. The minimum absolute atomic E-state index is 0.228. The summed E-state index contributed by atoms with van der Waals surface area (Å²) in [6.07, 6.45) is 0.483. The van der Waals surface area contributed by atoms with E-state index in [-0.39, 0.29) is 11.9 Å². The second-order valence-corrected chi connectivity index (χ2v) is 6.91. The van der Waals surface area contributed by atoms with Gasteiger partial charge >= 0.3 is 6.09 Å². The molecule has 2 aliphatic heterocycles. The van der Waals surface area contributed by atoms with Crippen LogP contribution >= 0.6 is 0 Å². The second-order valence-electron chi connectivity index (χ2n) is 6.91. The van der Waals surface area contributed by atoms with E-state index in [0.717, 1.165) is 24.2 Å². The van der Waals surface area contributed by atoms with Crippen LogP contribution in [0, 0.1) is 5.82 Å². The highest BCUT2D eigenvalue weighted by Crippen LogP contribution is 2.39. The van der Waals surface area contributed by atoms with Crippen LogP contribution in [0.25, 0.3) is 0 Å². The topological polar surface area (TPSA) is 42.0 Å². The standard InChI is InChI=1S/C20H21FN2O3/c1-25-18-7-3-6-17(11-18)23-19(24)26-14-20(23)8-9-22(13-20)12-15-4-2-5-16(21)10-15/h2-7,10-11H,8-9,12-14H2,1H3. The Kier molecular flexibility index (Phi) is 4.28. The molecule has 2 heterocycles. The Morgan fingerprint density at radius 2 is 2.08 bits per heavy atom. The molecule has 5 nitrogen and oxygen atoms in total. The van der Waals surface area contributed by atoms with E-state index in [1.807, 2.05) is 30.3 Å². The Morgan fingerprint density at radius 3 is 2.88 bits per heavy atom. The number of likely N-dealkylation sites (tertiary alicyclic amines) is 1. The van der Waals surface area contributed by atoms with Crippen LogP contribution in [0.2, 0.25) is 0 Å². The summed E-state index contributed by atoms with van der Waals surface area (Å²) in [7, 11) is 1.60. The van der Waals surface area contributed by atoms with E-state index in [1.54, 1.807) is 24.1 Å². The van der Waals surface area contributed by atoms with Crippen molar-refractivity contribution < 1.29 is 18.7 Å². The third-order valence-electron chi connectivity index (χ3n) is 5.14. The number of hydrogen-bond donors (Lipinski definition) is 0. The average Bonchev–Trinajstić information content (AvgIpc) is 3.18. The van der Waals surface area contributed by atoms with Gasteiger partial charge in [-0.25, -0.2) is 9.18 Å². The van der Waals surface area contributed by atoms with Gasteiger partial charge in [0.05, 0.1) is 18.3 Å². The normalized spacial score (nSPS) is 22.8. The van der Waals surface area contributed by atoms with Gasteiger partial charge in [0.25, 0.3) is 0 Å². The van der Waals surface area contributed by atoms with Gasteiger partial charge in [-0.15, -0.1) is 0 Å². The van der Waals surface area contributed by atoms with Crippen LogP contribution in [0.15, 0.2) is 48.5 Å². The number of halogens is 1. The van der Waals surface area contributed by atoms with Crippen LogP contribution in [-0.2, 0) is 11.3 Å². The minimum atomic E-state index is -0.392. The lowest BCUT2D eigenvalue weighted by molar-refractivity contribution is 0.172. The Balaban J connectivity index is 1.56. The number of carbonyl (C=O) groups excluding carboxylic acids is 1. The molecule has 2 aliphatic rings. The molecular formula is C20H21FN2O3. The molecule has 0 N–H and O–H groups in total. The number of rotatable bonds is 4. The predicted molar refractivity (Wildman–Crippen MR) is 95.8 cm³/mol. The first kappa shape index (κ1) is 16.8. The third kappa shape index (κ3) is 3.01. The maximum Gasteiger partial charge on any atom is 0.415 e. The van der Waals surface area contributed by atoms with Crippen LogP contribution in [0.5, 0.6) is 5.75 Å². The molecule has 6 heteroatoms. The molecule has 2 saturated heterocycles. The molecule has 0 aromatic heterocycles. The van der Waals surface area contributed by atoms with Gasteiger partial charge in [-0.3, -0.25) is 9.80 Å². The largest absolute Gasteiger partial charge is 0.497 e. The molecule has 136 valence electrons. The minimum Gasteiger partial charge on any atom is -0.497 e. The third-order valence-corrected chi connectivity index (χ3v) is 5.14. The van der Waals surface area contributed by atoms with Crippen molar-refractivity contribution in [3.8, 4) is 5.75 Å². The molecule has 2 aromatic rings. The zero-order chi connectivity index (χ0) is 18.1. The zero-order valence-corrected chi connectivity index (χ0v) is 14.7. The molecule has 0 bridgehead atoms. The van der Waals surface area contributed by atoms with Crippen molar-refractivity contribution in [3.63, 3.8) is 0 Å². The summed E-state index contributed by atoms with van der Waals surface area (Å²) in [5.74, 6) is 0.473. The lowest BCUT2D eigenvalue weighted by Gasteiger charge is -2.32. The number of ether oxygens (including phenoxy) is 2. The molecule has 2 aromatic carbocycles. The SMILES string of the molecule is COc1cccc(N2C(=O)OCC23CCN(Cc2cccc(F)c2)C3)c1. The fraction of sp³-hybridized carbons (Fsp3) is 0.350. The van der Waals surface area contributed by atoms with Crippen LogP contribution in [0.1, 0.15) is 12.0 Å². The number of cyclic esters (lactones) is 1. The maximum absolute atomic E-state index is 13.4. The first-order valence-corrected chi connectivity index (χ1v) is 8.67. The Hall–Kier alpha value is -2.60. The smallest absolute Gasteiger partial charge is 0.415 e. The van der Waals surface area contributed by atoms with Gasteiger partial charge < -0.3 is 9.47 Å². The van der Waals surface area contributed by atoms with Crippen molar-refractivity contribution >= 4 is 11.8 Å². The van der Waals surface area contributed by atoms with E-state index >= 15 is 0 Å². The van der Waals surface area contributed by atoms with Gasteiger partial charge in [0, 0.05) is 25.7 Å². The van der Waals surface area contributed by atoms with Crippen molar-refractivity contribution in [3.05, 3.63) is 59.9 Å². The molecule has 0 aliphatic carbocycles. The summed E-state index contributed by atoms with van der Waals surface area (Å²) in [4.78, 5) is 16.4. The number of amides is 1. The molecular weight excluding hydrogens is 335 g/mol. The lowest BCUT2D eigenvalue weighted by Crippen LogP contribution is -2.49. The monoisotopic (exact) mass is 356 g/mol. The van der Waals surface area contributed by atoms with Crippen molar-refractivity contribution in [2.45, 2.75) is 18.5 Å². The second kappa shape index (κ2) is 6.61. The van der Waals surface area contributed by atoms with Crippen molar-refractivity contribution in [2.75, 3.05) is 31.7 Å². The highest BCUT2D eigenvalue weighted by Gasteiger charge is 2.52. The Morgan fingerprint density at radius 1 is 1.23 bits per heavy atom. The number of methoxy groups -OCH3 is 1. The fourth-order valence-corrected chi connectivity index (χ4v) is 3.92. The number of nitrogens with zero attached hydrogens (tertiary/aromatic N) is 2. The summed E-state index contributed by atoms with van der Waals surface area (Å²) in [6, 6.07) is 14.1. The summed E-state index contributed by atoms with van der Waals surface area (Å²) >= 11 is 0. The molecule has 1 amide bonds. The predicted octanol–water partition coefficient (Wildman–Crippen LogP) is 3.44. The van der Waals surface area contributed by atoms with Gasteiger partial charge in [0.1, 0.15) is 18.2 Å². The molecule has 0 saturated carbocycles. The van der Waals surface area contributed by atoms with Gasteiger partial charge in [0.15, 0.2) is 0 Å². The quantitative estimate of drug-likeness (QED) is 0.842. The summed E-state index contributed by atoms with van der Waals surface area (Å²) in [5.41, 5.74) is 1.32. The fourth-order valence-electron chi connectivity index (χ4n) is 3.92. The van der Waals surface area contributed by atoms with E-state index < -0.39 is 5.54 Å². The van der Waals surface area contributed by atoms with Crippen molar-refractivity contribution in [2.24, 2.45) is 0 Å². The first-order chi connectivity index (χ1) is 12.6. The molecule has 1 unspecified atom stereocenters. The molecule has 1 spiro atoms. The molecule has 2 fully saturated rings. The zero-order valence-electron chi connectivity index (χ0n) is 14.7.